The molecular formula is C25H31ClN6O3. The Morgan fingerprint density at radius 3 is 2.69 bits per heavy atom. The number of aryl methyl sites for hydroxylation is 1. The summed E-state index contributed by atoms with van der Waals surface area (Å²) in [5.41, 5.74) is 2.89. The highest BCUT2D eigenvalue weighted by Gasteiger charge is 2.16. The van der Waals surface area contributed by atoms with E-state index in [2.05, 4.69) is 39.1 Å². The van der Waals surface area contributed by atoms with E-state index in [1.165, 1.54) is 0 Å². The van der Waals surface area contributed by atoms with Gasteiger partial charge < -0.3 is 14.8 Å². The van der Waals surface area contributed by atoms with Gasteiger partial charge in [0, 0.05) is 35.9 Å². The standard InChI is InChI=1S/C25H31ClN6O3/c1-17(2)16-35-23-5-4-20(26)11-19(23)14-32-18(3)10-22(30-32)25(33)29-24-13-27-21(12-28-24)15-31-6-8-34-9-7-31/h4-5,10-13,17H,6-9,14-16H2,1-3H3,(H,28,29,33). The molecule has 0 saturated carbocycles. The molecule has 3 aromatic rings. The number of carbonyl (C=O) groups excluding carboxylic acids is 1. The van der Waals surface area contributed by atoms with Crippen LogP contribution in [0.25, 0.3) is 0 Å². The second kappa shape index (κ2) is 11.6. The molecular weight excluding hydrogens is 468 g/mol. The van der Waals surface area contributed by atoms with Crippen molar-refractivity contribution >= 4 is 23.3 Å². The van der Waals surface area contributed by atoms with Gasteiger partial charge in [-0.1, -0.05) is 25.4 Å². The first-order valence-corrected chi connectivity index (χ1v) is 12.1. The van der Waals surface area contributed by atoms with Gasteiger partial charge in [0.05, 0.1) is 44.5 Å². The molecule has 1 saturated heterocycles. The fourth-order valence-corrected chi connectivity index (χ4v) is 3.88. The van der Waals surface area contributed by atoms with Gasteiger partial charge in [-0.3, -0.25) is 19.4 Å². The molecule has 186 valence electrons. The topological polar surface area (TPSA) is 94.4 Å². The Labute approximate surface area is 210 Å². The second-order valence-corrected chi connectivity index (χ2v) is 9.46. The maximum Gasteiger partial charge on any atom is 0.277 e. The molecule has 9 nitrogen and oxygen atoms in total. The lowest BCUT2D eigenvalue weighted by molar-refractivity contribution is 0.0336. The molecule has 0 bridgehead atoms. The van der Waals surface area contributed by atoms with Gasteiger partial charge >= 0.3 is 0 Å². The molecule has 0 spiro atoms. The molecule has 2 aromatic heterocycles. The van der Waals surface area contributed by atoms with Gasteiger partial charge in [-0.05, 0) is 37.1 Å². The first-order valence-electron chi connectivity index (χ1n) is 11.8. The van der Waals surface area contributed by atoms with Crippen LogP contribution in [0, 0.1) is 12.8 Å². The number of benzene rings is 1. The van der Waals surface area contributed by atoms with Gasteiger partial charge in [-0.15, -0.1) is 0 Å². The fraction of sp³-hybridized carbons (Fsp3) is 0.440. The predicted octanol–water partition coefficient (Wildman–Crippen LogP) is 3.80. The molecule has 35 heavy (non-hydrogen) atoms. The molecule has 1 fully saturated rings. The SMILES string of the molecule is Cc1cc(C(=O)Nc2cnc(CN3CCOCC3)cn2)nn1Cc1cc(Cl)ccc1OCC(C)C. The van der Waals surface area contributed by atoms with Crippen LogP contribution in [0.2, 0.25) is 5.02 Å². The van der Waals surface area contributed by atoms with Gasteiger partial charge in [-0.25, -0.2) is 4.98 Å². The van der Waals surface area contributed by atoms with Gasteiger partial charge in [0.15, 0.2) is 11.5 Å². The van der Waals surface area contributed by atoms with Crippen molar-refractivity contribution in [2.24, 2.45) is 5.92 Å². The quantitative estimate of drug-likeness (QED) is 0.479. The number of aromatic nitrogens is 4. The highest BCUT2D eigenvalue weighted by Crippen LogP contribution is 2.25. The van der Waals surface area contributed by atoms with E-state index in [0.717, 1.165) is 49.0 Å². The summed E-state index contributed by atoms with van der Waals surface area (Å²) in [7, 11) is 0. The highest BCUT2D eigenvalue weighted by atomic mass is 35.5. The van der Waals surface area contributed by atoms with E-state index >= 15 is 0 Å². The van der Waals surface area contributed by atoms with Crippen molar-refractivity contribution in [2.45, 2.75) is 33.9 Å². The van der Waals surface area contributed by atoms with Crippen molar-refractivity contribution in [2.75, 3.05) is 38.2 Å². The zero-order valence-corrected chi connectivity index (χ0v) is 21.1. The smallest absolute Gasteiger partial charge is 0.277 e. The van der Waals surface area contributed by atoms with Crippen LogP contribution in [0.4, 0.5) is 5.82 Å². The van der Waals surface area contributed by atoms with Crippen molar-refractivity contribution in [3.63, 3.8) is 0 Å². The summed E-state index contributed by atoms with van der Waals surface area (Å²) in [5, 5.41) is 7.90. The maximum absolute atomic E-state index is 12.8. The van der Waals surface area contributed by atoms with E-state index in [9.17, 15) is 4.79 Å². The number of hydrogen-bond acceptors (Lipinski definition) is 7. The van der Waals surface area contributed by atoms with E-state index < -0.39 is 0 Å². The van der Waals surface area contributed by atoms with Crippen LogP contribution in [-0.2, 0) is 17.8 Å². The summed E-state index contributed by atoms with van der Waals surface area (Å²) in [6, 6.07) is 7.29. The monoisotopic (exact) mass is 498 g/mol. The Bertz CT molecular complexity index is 1140. The first-order chi connectivity index (χ1) is 16.9. The number of hydrogen-bond donors (Lipinski definition) is 1. The number of morpholine rings is 1. The molecule has 1 aliphatic heterocycles. The fourth-order valence-electron chi connectivity index (χ4n) is 3.68. The molecule has 0 aliphatic carbocycles. The Balaban J connectivity index is 1.40. The van der Waals surface area contributed by atoms with E-state index in [-0.39, 0.29) is 5.91 Å². The lowest BCUT2D eigenvalue weighted by Crippen LogP contribution is -2.35. The van der Waals surface area contributed by atoms with Crippen molar-refractivity contribution in [3.05, 3.63) is 64.3 Å². The Morgan fingerprint density at radius 1 is 1.17 bits per heavy atom. The molecule has 0 unspecified atom stereocenters. The summed E-state index contributed by atoms with van der Waals surface area (Å²) in [6.07, 6.45) is 3.26. The van der Waals surface area contributed by atoms with Crippen LogP contribution in [0.5, 0.6) is 5.75 Å². The highest BCUT2D eigenvalue weighted by molar-refractivity contribution is 6.30. The number of halogens is 1. The van der Waals surface area contributed by atoms with E-state index in [1.54, 1.807) is 23.1 Å². The minimum absolute atomic E-state index is 0.299. The number of amides is 1. The molecule has 1 amide bonds. The first kappa shape index (κ1) is 25.1. The molecule has 1 N–H and O–H groups in total. The van der Waals surface area contributed by atoms with Crippen LogP contribution in [0.15, 0.2) is 36.7 Å². The van der Waals surface area contributed by atoms with Crippen LogP contribution in [0.1, 0.15) is 41.3 Å². The summed E-state index contributed by atoms with van der Waals surface area (Å²) in [6.45, 7) is 11.1. The molecule has 0 radical (unpaired) electrons. The molecule has 1 aromatic carbocycles. The molecule has 4 rings (SSSR count). The number of ether oxygens (including phenoxy) is 2. The number of rotatable bonds is 9. The third-order valence-corrected chi connectivity index (χ3v) is 5.80. The van der Waals surface area contributed by atoms with Crippen molar-refractivity contribution < 1.29 is 14.3 Å². The number of anilines is 1. The van der Waals surface area contributed by atoms with Crippen molar-refractivity contribution in [3.8, 4) is 5.75 Å². The zero-order valence-electron chi connectivity index (χ0n) is 20.3. The Morgan fingerprint density at radius 2 is 1.97 bits per heavy atom. The number of nitrogens with zero attached hydrogens (tertiary/aromatic N) is 5. The van der Waals surface area contributed by atoms with E-state index in [0.29, 0.717) is 42.1 Å². The number of carbonyl (C=O) groups is 1. The van der Waals surface area contributed by atoms with E-state index in [1.807, 2.05) is 25.1 Å². The predicted molar refractivity (Wildman–Crippen MR) is 134 cm³/mol. The van der Waals surface area contributed by atoms with Crippen LogP contribution >= 0.6 is 11.6 Å². The van der Waals surface area contributed by atoms with Crippen LogP contribution in [0.3, 0.4) is 0 Å². The van der Waals surface area contributed by atoms with Crippen LogP contribution in [-0.4, -0.2) is 63.5 Å². The third-order valence-electron chi connectivity index (χ3n) is 5.56. The lowest BCUT2D eigenvalue weighted by Gasteiger charge is -2.25. The van der Waals surface area contributed by atoms with Crippen molar-refractivity contribution in [1.82, 2.24) is 24.6 Å². The minimum Gasteiger partial charge on any atom is -0.493 e. The summed E-state index contributed by atoms with van der Waals surface area (Å²) < 4.78 is 13.1. The maximum atomic E-state index is 12.8. The largest absolute Gasteiger partial charge is 0.493 e. The van der Waals surface area contributed by atoms with Gasteiger partial charge in [0.25, 0.3) is 5.91 Å². The van der Waals surface area contributed by atoms with Gasteiger partial charge in [0.2, 0.25) is 0 Å². The molecule has 0 atom stereocenters. The summed E-state index contributed by atoms with van der Waals surface area (Å²) in [5.74, 6) is 1.20. The molecule has 10 heteroatoms. The van der Waals surface area contributed by atoms with Crippen molar-refractivity contribution in [1.29, 1.82) is 0 Å². The minimum atomic E-state index is -0.343. The van der Waals surface area contributed by atoms with Gasteiger partial charge in [0.1, 0.15) is 5.75 Å². The zero-order chi connectivity index (χ0) is 24.8. The lowest BCUT2D eigenvalue weighted by atomic mass is 10.2. The summed E-state index contributed by atoms with van der Waals surface area (Å²) in [4.78, 5) is 23.9. The second-order valence-electron chi connectivity index (χ2n) is 9.02. The average Bonchev–Trinajstić information content (AvgIpc) is 3.20. The Hall–Kier alpha value is -3.01. The summed E-state index contributed by atoms with van der Waals surface area (Å²) >= 11 is 6.23. The van der Waals surface area contributed by atoms with E-state index in [4.69, 9.17) is 21.1 Å². The normalized spacial score (nSPS) is 14.3. The van der Waals surface area contributed by atoms with Gasteiger partial charge in [-0.2, -0.15) is 5.10 Å². The number of nitrogens with one attached hydrogen (secondary N) is 1. The third kappa shape index (κ3) is 7.00. The van der Waals surface area contributed by atoms with Crippen LogP contribution < -0.4 is 10.1 Å². The molecule has 1 aliphatic rings. The Kier molecular flexibility index (Phi) is 8.33. The molecule has 3 heterocycles. The average molecular weight is 499 g/mol.